The fourth-order valence-electron chi connectivity index (χ4n) is 4.82. The molecule has 1 aliphatic heterocycles. The molecule has 7 heteroatoms. The Morgan fingerprint density at radius 3 is 2.34 bits per heavy atom. The van der Waals surface area contributed by atoms with Crippen LogP contribution in [-0.4, -0.2) is 46.3 Å². The zero-order valence-corrected chi connectivity index (χ0v) is 20.4. The van der Waals surface area contributed by atoms with E-state index >= 15 is 0 Å². The Morgan fingerprint density at radius 2 is 1.71 bits per heavy atom. The van der Waals surface area contributed by atoms with Gasteiger partial charge in [0.25, 0.3) is 5.91 Å². The molecule has 0 saturated carbocycles. The van der Waals surface area contributed by atoms with E-state index in [1.165, 1.54) is 0 Å². The Labute approximate surface area is 204 Å². The number of carbonyl (C=O) groups is 1. The van der Waals surface area contributed by atoms with Gasteiger partial charge in [-0.05, 0) is 67.3 Å². The molecule has 0 fully saturated rings. The van der Waals surface area contributed by atoms with Crippen LogP contribution in [0.15, 0.2) is 66.9 Å². The lowest BCUT2D eigenvalue weighted by Gasteiger charge is -2.38. The number of aromatic nitrogens is 3. The molecule has 1 unspecified atom stereocenters. The number of aryl methyl sites for hydroxylation is 2. The highest BCUT2D eigenvalue weighted by atomic mass is 16.5. The molecule has 1 amide bonds. The van der Waals surface area contributed by atoms with E-state index in [1.807, 2.05) is 67.3 Å². The highest BCUT2D eigenvalue weighted by Gasteiger charge is 2.34. The highest BCUT2D eigenvalue weighted by Crippen LogP contribution is 2.41. The van der Waals surface area contributed by atoms with E-state index in [-0.39, 0.29) is 11.9 Å². The van der Waals surface area contributed by atoms with Gasteiger partial charge >= 0.3 is 0 Å². The molecule has 4 aromatic rings. The van der Waals surface area contributed by atoms with Crippen molar-refractivity contribution in [1.82, 2.24) is 19.7 Å². The average molecular weight is 469 g/mol. The fourth-order valence-corrected chi connectivity index (χ4v) is 4.82. The second-order valence-electron chi connectivity index (χ2n) is 8.71. The molecule has 2 aromatic carbocycles. The molecular weight excluding hydrogens is 440 g/mol. The van der Waals surface area contributed by atoms with Crippen molar-refractivity contribution in [3.05, 3.63) is 101 Å². The molecule has 1 atom stereocenters. The summed E-state index contributed by atoms with van der Waals surface area (Å²) < 4.78 is 12.9. The molecule has 0 aliphatic carbocycles. The molecule has 0 saturated heterocycles. The van der Waals surface area contributed by atoms with Crippen LogP contribution in [0, 0.1) is 13.8 Å². The van der Waals surface area contributed by atoms with Gasteiger partial charge < -0.3 is 14.4 Å². The molecule has 2 aromatic heterocycles. The lowest BCUT2D eigenvalue weighted by Crippen LogP contribution is -2.40. The van der Waals surface area contributed by atoms with Crippen LogP contribution in [0.5, 0.6) is 11.5 Å². The van der Waals surface area contributed by atoms with Crippen molar-refractivity contribution in [3.8, 4) is 17.3 Å². The number of ether oxygens (including phenoxy) is 2. The molecule has 3 heterocycles. The van der Waals surface area contributed by atoms with Crippen molar-refractivity contribution < 1.29 is 14.3 Å². The summed E-state index contributed by atoms with van der Waals surface area (Å²) in [6, 6.07) is 19.5. The summed E-state index contributed by atoms with van der Waals surface area (Å²) in [4.78, 5) is 20.3. The minimum absolute atomic E-state index is 0.0632. The first kappa shape index (κ1) is 22.7. The first-order valence-electron chi connectivity index (χ1n) is 11.6. The first-order valence-corrected chi connectivity index (χ1v) is 11.6. The van der Waals surface area contributed by atoms with Gasteiger partial charge in [0.2, 0.25) is 0 Å². The van der Waals surface area contributed by atoms with E-state index in [4.69, 9.17) is 9.47 Å². The number of benzene rings is 2. The number of carbonyl (C=O) groups excluding carboxylic acids is 1. The summed E-state index contributed by atoms with van der Waals surface area (Å²) in [5, 5.41) is 4.49. The van der Waals surface area contributed by atoms with E-state index in [9.17, 15) is 4.79 Å². The summed E-state index contributed by atoms with van der Waals surface area (Å²) in [5.41, 5.74) is 5.70. The minimum Gasteiger partial charge on any atom is -0.493 e. The molecule has 178 valence electrons. The molecular formula is C28H28N4O3. The second kappa shape index (κ2) is 9.25. The van der Waals surface area contributed by atoms with Crippen molar-refractivity contribution in [2.45, 2.75) is 26.3 Å². The van der Waals surface area contributed by atoms with Crippen LogP contribution in [0.2, 0.25) is 0 Å². The predicted molar refractivity (Wildman–Crippen MR) is 133 cm³/mol. The van der Waals surface area contributed by atoms with Crippen LogP contribution >= 0.6 is 0 Å². The van der Waals surface area contributed by atoms with E-state index in [0.717, 1.165) is 34.5 Å². The Bertz CT molecular complexity index is 1360. The molecule has 35 heavy (non-hydrogen) atoms. The third kappa shape index (κ3) is 4.14. The zero-order chi connectivity index (χ0) is 24.5. The van der Waals surface area contributed by atoms with E-state index in [2.05, 4.69) is 22.2 Å². The number of pyridine rings is 1. The van der Waals surface area contributed by atoms with Gasteiger partial charge in [-0.1, -0.05) is 30.3 Å². The van der Waals surface area contributed by atoms with Crippen molar-refractivity contribution in [2.75, 3.05) is 20.8 Å². The van der Waals surface area contributed by atoms with Crippen LogP contribution in [0.25, 0.3) is 5.82 Å². The van der Waals surface area contributed by atoms with Crippen molar-refractivity contribution in [3.63, 3.8) is 0 Å². The van der Waals surface area contributed by atoms with Crippen molar-refractivity contribution in [2.24, 2.45) is 0 Å². The van der Waals surface area contributed by atoms with Crippen LogP contribution in [0.3, 0.4) is 0 Å². The quantitative estimate of drug-likeness (QED) is 0.425. The molecule has 5 rings (SSSR count). The molecule has 0 N–H and O–H groups in total. The van der Waals surface area contributed by atoms with Gasteiger partial charge in [0, 0.05) is 18.4 Å². The maximum absolute atomic E-state index is 13.8. The number of amides is 1. The van der Waals surface area contributed by atoms with Crippen LogP contribution < -0.4 is 9.47 Å². The summed E-state index contributed by atoms with van der Waals surface area (Å²) in [6.07, 6.45) is 2.36. The van der Waals surface area contributed by atoms with Gasteiger partial charge in [-0.2, -0.15) is 5.10 Å². The summed E-state index contributed by atoms with van der Waals surface area (Å²) in [5.74, 6) is 1.97. The molecule has 0 radical (unpaired) electrons. The average Bonchev–Trinajstić information content (AvgIpc) is 3.24. The number of fused-ring (bicyclic) bond motifs is 1. The monoisotopic (exact) mass is 468 g/mol. The molecule has 1 aliphatic rings. The Balaban J connectivity index is 1.53. The standard InChI is InChI=1S/C28H28N4O3/c1-18-14-19(2)32(30-18)26-11-10-22(17-29-26)28(33)31-13-12-21-15-24(34-3)25(35-4)16-23(21)27(31)20-8-6-5-7-9-20/h5-11,14-17,27H,12-13H2,1-4H3. The summed E-state index contributed by atoms with van der Waals surface area (Å²) in [7, 11) is 3.27. The lowest BCUT2D eigenvalue weighted by molar-refractivity contribution is 0.0693. The topological polar surface area (TPSA) is 69.5 Å². The summed E-state index contributed by atoms with van der Waals surface area (Å²) >= 11 is 0. The third-order valence-electron chi connectivity index (χ3n) is 6.47. The molecule has 7 nitrogen and oxygen atoms in total. The smallest absolute Gasteiger partial charge is 0.256 e. The largest absolute Gasteiger partial charge is 0.493 e. The van der Waals surface area contributed by atoms with Crippen molar-refractivity contribution >= 4 is 5.91 Å². The highest BCUT2D eigenvalue weighted by molar-refractivity contribution is 5.94. The Hall–Kier alpha value is -4.13. The van der Waals surface area contributed by atoms with Gasteiger partial charge in [-0.3, -0.25) is 4.79 Å². The van der Waals surface area contributed by atoms with Crippen LogP contribution in [-0.2, 0) is 6.42 Å². The SMILES string of the molecule is COc1cc2c(cc1OC)C(c1ccccc1)N(C(=O)c1ccc(-n3nc(C)cc3C)nc1)CC2. The predicted octanol–water partition coefficient (Wildman–Crippen LogP) is 4.69. The van der Waals surface area contributed by atoms with Gasteiger partial charge in [-0.15, -0.1) is 0 Å². The zero-order valence-electron chi connectivity index (χ0n) is 20.4. The third-order valence-corrected chi connectivity index (χ3v) is 6.47. The number of hydrogen-bond acceptors (Lipinski definition) is 5. The number of nitrogens with zero attached hydrogens (tertiary/aromatic N) is 4. The first-order chi connectivity index (χ1) is 17.0. The van der Waals surface area contributed by atoms with E-state index < -0.39 is 0 Å². The maximum Gasteiger partial charge on any atom is 0.256 e. The normalized spacial score (nSPS) is 15.0. The summed E-state index contributed by atoms with van der Waals surface area (Å²) in [6.45, 7) is 4.52. The number of rotatable bonds is 5. The van der Waals surface area contributed by atoms with Crippen molar-refractivity contribution in [1.29, 1.82) is 0 Å². The van der Waals surface area contributed by atoms with Gasteiger partial charge in [0.15, 0.2) is 17.3 Å². The minimum atomic E-state index is -0.247. The molecule has 0 spiro atoms. The van der Waals surface area contributed by atoms with Gasteiger partial charge in [0.1, 0.15) is 0 Å². The Morgan fingerprint density at radius 1 is 0.971 bits per heavy atom. The fraction of sp³-hybridized carbons (Fsp3) is 0.250. The number of hydrogen-bond donors (Lipinski definition) is 0. The molecule has 0 bridgehead atoms. The van der Waals surface area contributed by atoms with Crippen LogP contribution in [0.4, 0.5) is 0 Å². The van der Waals surface area contributed by atoms with Gasteiger partial charge in [0.05, 0.1) is 31.5 Å². The van der Waals surface area contributed by atoms with Crippen LogP contribution in [0.1, 0.15) is 44.5 Å². The Kier molecular flexibility index (Phi) is 5.99. The number of methoxy groups -OCH3 is 2. The van der Waals surface area contributed by atoms with Gasteiger partial charge in [-0.25, -0.2) is 9.67 Å². The van der Waals surface area contributed by atoms with E-state index in [1.54, 1.807) is 25.1 Å². The van der Waals surface area contributed by atoms with E-state index in [0.29, 0.717) is 29.4 Å². The second-order valence-corrected chi connectivity index (χ2v) is 8.71. The maximum atomic E-state index is 13.8. The lowest BCUT2D eigenvalue weighted by atomic mass is 9.87.